The van der Waals surface area contributed by atoms with Crippen LogP contribution < -0.4 is 0 Å². The lowest BCUT2D eigenvalue weighted by Gasteiger charge is -2.45. The molecule has 3 fully saturated rings. The highest BCUT2D eigenvalue weighted by Crippen LogP contribution is 2.38. The van der Waals surface area contributed by atoms with Gasteiger partial charge in [0, 0.05) is 23.0 Å². The summed E-state index contributed by atoms with van der Waals surface area (Å²) in [5, 5.41) is 4.81. The molecular formula is C29H28ClF3N4O2S. The van der Waals surface area contributed by atoms with E-state index in [0.29, 0.717) is 28.9 Å². The van der Waals surface area contributed by atoms with Crippen LogP contribution in [0.1, 0.15) is 48.8 Å². The summed E-state index contributed by atoms with van der Waals surface area (Å²) in [7, 11) is 0. The third kappa shape index (κ3) is 5.41. The van der Waals surface area contributed by atoms with Gasteiger partial charge in [-0.15, -0.1) is 0 Å². The number of carbonyl (C=O) groups is 2. The fraction of sp³-hybridized carbons (Fsp3) is 0.414. The van der Waals surface area contributed by atoms with E-state index in [1.54, 1.807) is 24.4 Å². The number of carbonyl (C=O) groups excluding carboxylic acids is 2. The summed E-state index contributed by atoms with van der Waals surface area (Å²) in [4.78, 5) is 30.4. The van der Waals surface area contributed by atoms with Crippen LogP contribution in [0.2, 0.25) is 5.02 Å². The van der Waals surface area contributed by atoms with Crippen molar-refractivity contribution in [2.24, 2.45) is 5.92 Å². The minimum absolute atomic E-state index is 0.0187. The van der Waals surface area contributed by atoms with E-state index in [2.05, 4.69) is 10.00 Å². The second-order valence-electron chi connectivity index (χ2n) is 10.7. The first-order chi connectivity index (χ1) is 19.2. The van der Waals surface area contributed by atoms with E-state index in [9.17, 15) is 22.8 Å². The molecule has 11 heteroatoms. The van der Waals surface area contributed by atoms with Gasteiger partial charge in [-0.1, -0.05) is 30.2 Å². The standard InChI is InChI=1S/C29H28ClF3N4O2S/c30-22-8-7-19(23(14-22)29(31,32)33)17-37-25-9-6-18(12-21(25)15-34-37)13-26-27(38)36(28(39)40-26)16-20-4-3-11-35-10-2-1-5-24(20)35/h6-9,12-15,20,24H,1-5,10-11,16-17H2/t20-,24+/m0/s1. The maximum Gasteiger partial charge on any atom is 0.416 e. The van der Waals surface area contributed by atoms with E-state index in [1.807, 2.05) is 6.07 Å². The molecule has 0 N–H and O–H groups in total. The number of benzene rings is 2. The van der Waals surface area contributed by atoms with Crippen LogP contribution in [-0.4, -0.2) is 56.4 Å². The van der Waals surface area contributed by atoms with Crippen LogP contribution in [0.3, 0.4) is 0 Å². The van der Waals surface area contributed by atoms with Crippen LogP contribution in [0.25, 0.3) is 17.0 Å². The lowest BCUT2D eigenvalue weighted by atomic mass is 9.83. The fourth-order valence-electron chi connectivity index (χ4n) is 6.27. The minimum atomic E-state index is -4.54. The van der Waals surface area contributed by atoms with Gasteiger partial charge in [0.15, 0.2) is 0 Å². The van der Waals surface area contributed by atoms with Crippen molar-refractivity contribution in [3.05, 3.63) is 69.2 Å². The largest absolute Gasteiger partial charge is 0.416 e. The van der Waals surface area contributed by atoms with E-state index in [0.717, 1.165) is 61.1 Å². The van der Waals surface area contributed by atoms with Crippen LogP contribution in [0.4, 0.5) is 18.0 Å². The SMILES string of the molecule is O=C1SC(=Cc2ccc3c(cnn3Cc3ccc(Cl)cc3C(F)(F)F)c2)C(=O)N1C[C@@H]1CCCN2CCCC[C@H]12. The van der Waals surface area contributed by atoms with Gasteiger partial charge in [0.1, 0.15) is 0 Å². The number of imide groups is 1. The number of fused-ring (bicyclic) bond motifs is 2. The Kier molecular flexibility index (Phi) is 7.43. The highest BCUT2D eigenvalue weighted by molar-refractivity contribution is 8.18. The van der Waals surface area contributed by atoms with Crippen molar-refractivity contribution in [2.45, 2.75) is 50.9 Å². The second kappa shape index (κ2) is 10.9. The van der Waals surface area contributed by atoms with Crippen LogP contribution in [0, 0.1) is 5.92 Å². The summed E-state index contributed by atoms with van der Waals surface area (Å²) in [5.74, 6) is 0.0451. The van der Waals surface area contributed by atoms with Gasteiger partial charge >= 0.3 is 6.18 Å². The van der Waals surface area contributed by atoms with E-state index in [1.165, 1.54) is 34.6 Å². The third-order valence-corrected chi connectivity index (χ3v) is 9.32. The van der Waals surface area contributed by atoms with Crippen molar-refractivity contribution >= 4 is 51.5 Å². The lowest BCUT2D eigenvalue weighted by molar-refractivity contribution is -0.138. The summed E-state index contributed by atoms with van der Waals surface area (Å²) < 4.78 is 42.2. The Balaban J connectivity index is 1.19. The van der Waals surface area contributed by atoms with Gasteiger partial charge in [-0.05, 0) is 97.9 Å². The number of alkyl halides is 3. The van der Waals surface area contributed by atoms with Crippen molar-refractivity contribution < 1.29 is 22.8 Å². The van der Waals surface area contributed by atoms with Crippen molar-refractivity contribution in [3.8, 4) is 0 Å². The maximum absolute atomic E-state index is 13.6. The topological polar surface area (TPSA) is 58.4 Å². The van der Waals surface area contributed by atoms with Crippen molar-refractivity contribution in [1.29, 1.82) is 0 Å². The Morgan fingerprint density at radius 1 is 1.05 bits per heavy atom. The number of rotatable bonds is 5. The van der Waals surface area contributed by atoms with E-state index in [-0.39, 0.29) is 28.3 Å². The van der Waals surface area contributed by atoms with Crippen LogP contribution in [0.5, 0.6) is 0 Å². The summed E-state index contributed by atoms with van der Waals surface area (Å²) in [6.45, 7) is 2.59. The third-order valence-electron chi connectivity index (χ3n) is 8.18. The molecule has 6 rings (SSSR count). The zero-order valence-electron chi connectivity index (χ0n) is 21.7. The smallest absolute Gasteiger partial charge is 0.300 e. The number of nitrogens with zero attached hydrogens (tertiary/aromatic N) is 4. The number of piperidine rings is 2. The number of hydrogen-bond acceptors (Lipinski definition) is 5. The highest BCUT2D eigenvalue weighted by atomic mass is 35.5. The summed E-state index contributed by atoms with van der Waals surface area (Å²) in [5.41, 5.74) is 0.646. The Bertz CT molecular complexity index is 1500. The monoisotopic (exact) mass is 588 g/mol. The summed E-state index contributed by atoms with van der Waals surface area (Å²) in [6.07, 6.45) is 4.41. The predicted molar refractivity (Wildman–Crippen MR) is 150 cm³/mol. The molecule has 6 nitrogen and oxygen atoms in total. The van der Waals surface area contributed by atoms with Crippen molar-refractivity contribution in [3.63, 3.8) is 0 Å². The molecule has 1 aromatic heterocycles. The molecule has 0 spiro atoms. The summed E-state index contributed by atoms with van der Waals surface area (Å²) in [6, 6.07) is 9.53. The van der Waals surface area contributed by atoms with Gasteiger partial charge in [0.25, 0.3) is 11.1 Å². The average molecular weight is 589 g/mol. The molecule has 3 aliphatic rings. The molecule has 0 unspecified atom stereocenters. The van der Waals surface area contributed by atoms with Gasteiger partial charge in [0.05, 0.1) is 28.7 Å². The number of thioether (sulfide) groups is 1. The Morgan fingerprint density at radius 2 is 1.88 bits per heavy atom. The molecule has 3 aliphatic heterocycles. The second-order valence-corrected chi connectivity index (χ2v) is 12.1. The first kappa shape index (κ1) is 27.4. The van der Waals surface area contributed by atoms with Crippen molar-refractivity contribution in [1.82, 2.24) is 19.6 Å². The summed E-state index contributed by atoms with van der Waals surface area (Å²) >= 11 is 6.77. The molecule has 0 saturated carbocycles. The van der Waals surface area contributed by atoms with Crippen molar-refractivity contribution in [2.75, 3.05) is 19.6 Å². The molecule has 0 radical (unpaired) electrons. The molecule has 3 saturated heterocycles. The van der Waals surface area contributed by atoms with E-state index >= 15 is 0 Å². The van der Waals surface area contributed by atoms with Crippen LogP contribution in [-0.2, 0) is 17.5 Å². The molecule has 3 aromatic rings. The van der Waals surface area contributed by atoms with E-state index < -0.39 is 11.7 Å². The minimum Gasteiger partial charge on any atom is -0.300 e. The molecule has 0 bridgehead atoms. The molecular weight excluding hydrogens is 561 g/mol. The first-order valence-electron chi connectivity index (χ1n) is 13.5. The van der Waals surface area contributed by atoms with Gasteiger partial charge < -0.3 is 4.90 Å². The number of hydrogen-bond donors (Lipinski definition) is 0. The Labute approximate surface area is 239 Å². The highest BCUT2D eigenvalue weighted by Gasteiger charge is 2.40. The number of aromatic nitrogens is 2. The predicted octanol–water partition coefficient (Wildman–Crippen LogP) is 7.06. The first-order valence-corrected chi connectivity index (χ1v) is 14.7. The quantitative estimate of drug-likeness (QED) is 0.299. The Morgan fingerprint density at radius 3 is 2.70 bits per heavy atom. The zero-order chi connectivity index (χ0) is 28.0. The molecule has 4 heterocycles. The molecule has 2 atom stereocenters. The number of amides is 2. The molecule has 210 valence electrons. The van der Waals surface area contributed by atoms with E-state index in [4.69, 9.17) is 11.6 Å². The van der Waals surface area contributed by atoms with Gasteiger partial charge in [-0.2, -0.15) is 18.3 Å². The zero-order valence-corrected chi connectivity index (χ0v) is 23.2. The Hall–Kier alpha value is -2.82. The number of halogens is 4. The maximum atomic E-state index is 13.6. The normalized spacial score (nSPS) is 23.4. The van der Waals surface area contributed by atoms with Gasteiger partial charge in [-0.3, -0.25) is 19.2 Å². The van der Waals surface area contributed by atoms with Crippen LogP contribution in [0.15, 0.2) is 47.5 Å². The van der Waals surface area contributed by atoms with Gasteiger partial charge in [0.2, 0.25) is 0 Å². The molecule has 40 heavy (non-hydrogen) atoms. The molecule has 0 aliphatic carbocycles. The average Bonchev–Trinajstić information content (AvgIpc) is 3.44. The fourth-order valence-corrected chi connectivity index (χ4v) is 7.29. The van der Waals surface area contributed by atoms with Crippen LogP contribution >= 0.6 is 23.4 Å². The molecule has 2 aromatic carbocycles. The van der Waals surface area contributed by atoms with Gasteiger partial charge in [-0.25, -0.2) is 0 Å². The molecule has 2 amide bonds. The lowest BCUT2D eigenvalue weighted by Crippen LogP contribution is -2.51.